The van der Waals surface area contributed by atoms with Crippen LogP contribution >= 0.6 is 11.6 Å². The van der Waals surface area contributed by atoms with Crippen LogP contribution in [0.15, 0.2) is 24.4 Å². The fourth-order valence-electron chi connectivity index (χ4n) is 4.57. The van der Waals surface area contributed by atoms with Crippen LogP contribution in [-0.4, -0.2) is 27.6 Å². The Hall–Kier alpha value is -1.52. The molecule has 2 aliphatic carbocycles. The van der Waals surface area contributed by atoms with Gasteiger partial charge in [0, 0.05) is 18.4 Å². The van der Waals surface area contributed by atoms with E-state index in [0.717, 1.165) is 44.0 Å². The average molecular weight is 375 g/mol. The Labute approximate surface area is 159 Å². The average Bonchev–Trinajstić information content (AvgIpc) is 2.92. The van der Waals surface area contributed by atoms with Gasteiger partial charge in [0.15, 0.2) is 0 Å². The molecule has 5 heteroatoms. The number of rotatable bonds is 4. The molecule has 0 unspecified atom stereocenters. The molecule has 2 N–H and O–H groups in total. The van der Waals surface area contributed by atoms with Gasteiger partial charge in [-0.25, -0.2) is 0 Å². The minimum atomic E-state index is -0.788. The highest BCUT2D eigenvalue weighted by atomic mass is 35.5. The lowest BCUT2D eigenvalue weighted by atomic mass is 9.79. The second-order valence-electron chi connectivity index (χ2n) is 8.29. The van der Waals surface area contributed by atoms with E-state index >= 15 is 0 Å². The normalized spacial score (nSPS) is 26.7. The zero-order valence-corrected chi connectivity index (χ0v) is 16.1. The Kier molecular flexibility index (Phi) is 4.74. The van der Waals surface area contributed by atoms with Gasteiger partial charge in [0.2, 0.25) is 0 Å². The second-order valence-corrected chi connectivity index (χ2v) is 8.70. The van der Waals surface area contributed by atoms with E-state index < -0.39 is 5.60 Å². The highest BCUT2D eigenvalue weighted by molar-refractivity contribution is 6.34. The van der Waals surface area contributed by atoms with Gasteiger partial charge >= 0.3 is 0 Å². The van der Waals surface area contributed by atoms with E-state index in [1.54, 1.807) is 0 Å². The van der Waals surface area contributed by atoms with E-state index in [9.17, 15) is 9.90 Å². The largest absolute Gasteiger partial charge is 0.388 e. The highest BCUT2D eigenvalue weighted by Gasteiger charge is 2.33. The maximum Gasteiger partial charge on any atom is 0.253 e. The molecule has 4 rings (SSSR count). The van der Waals surface area contributed by atoms with Crippen molar-refractivity contribution >= 4 is 23.0 Å². The number of fused-ring (bicyclic) bond motifs is 1. The van der Waals surface area contributed by atoms with Crippen molar-refractivity contribution in [3.05, 3.63) is 40.7 Å². The molecule has 0 bridgehead atoms. The molecular weight excluding hydrogens is 348 g/mol. The first-order valence-electron chi connectivity index (χ1n) is 9.77. The second kappa shape index (κ2) is 6.90. The van der Waals surface area contributed by atoms with Crippen LogP contribution in [0, 0.1) is 5.92 Å². The predicted octanol–water partition coefficient (Wildman–Crippen LogP) is 4.53. The van der Waals surface area contributed by atoms with Crippen LogP contribution in [0.3, 0.4) is 0 Å². The van der Waals surface area contributed by atoms with Gasteiger partial charge in [0.1, 0.15) is 0 Å². The van der Waals surface area contributed by atoms with Crippen molar-refractivity contribution in [2.45, 2.75) is 63.4 Å². The monoisotopic (exact) mass is 374 g/mol. The lowest BCUT2D eigenvalue weighted by Gasteiger charge is -2.35. The molecule has 2 aromatic heterocycles. The number of carbonyl (C=O) groups excluding carboxylic acids is 1. The number of carbonyl (C=O) groups is 1. The molecule has 0 radical (unpaired) electrons. The van der Waals surface area contributed by atoms with E-state index in [4.69, 9.17) is 11.6 Å². The summed E-state index contributed by atoms with van der Waals surface area (Å²) in [6, 6.07) is 5.74. The summed E-state index contributed by atoms with van der Waals surface area (Å²) in [5.74, 6) is 0.861. The van der Waals surface area contributed by atoms with Gasteiger partial charge in [-0.1, -0.05) is 37.8 Å². The molecule has 4 nitrogen and oxygen atoms in total. The Morgan fingerprint density at radius 1 is 1.38 bits per heavy atom. The van der Waals surface area contributed by atoms with Gasteiger partial charge in [-0.15, -0.1) is 0 Å². The molecule has 0 aromatic carbocycles. The van der Waals surface area contributed by atoms with E-state index in [2.05, 4.69) is 16.6 Å². The lowest BCUT2D eigenvalue weighted by Crippen LogP contribution is -2.45. The van der Waals surface area contributed by atoms with Crippen molar-refractivity contribution in [3.8, 4) is 0 Å². The van der Waals surface area contributed by atoms with Crippen LogP contribution in [0.5, 0.6) is 0 Å². The summed E-state index contributed by atoms with van der Waals surface area (Å²) in [6.45, 7) is 2.47. The molecule has 2 saturated carbocycles. The fraction of sp³-hybridized carbons (Fsp3) is 0.571. The summed E-state index contributed by atoms with van der Waals surface area (Å²) in [6.07, 6.45) is 9.23. The molecule has 2 fully saturated rings. The van der Waals surface area contributed by atoms with Crippen LogP contribution < -0.4 is 5.32 Å². The molecular formula is C21H27ClN2O2. The van der Waals surface area contributed by atoms with Crippen molar-refractivity contribution in [2.24, 2.45) is 5.92 Å². The number of hydrogen-bond acceptors (Lipinski definition) is 2. The quantitative estimate of drug-likeness (QED) is 0.825. The molecule has 140 valence electrons. The summed E-state index contributed by atoms with van der Waals surface area (Å²) in [4.78, 5) is 12.9. The zero-order valence-electron chi connectivity index (χ0n) is 15.3. The van der Waals surface area contributed by atoms with Crippen LogP contribution in [0.2, 0.25) is 5.02 Å². The minimum Gasteiger partial charge on any atom is -0.388 e. The number of aliphatic hydroxyl groups is 1. The molecule has 26 heavy (non-hydrogen) atoms. The maximum atomic E-state index is 12.9. The van der Waals surface area contributed by atoms with Crippen LogP contribution in [-0.2, 0) is 0 Å². The number of aromatic nitrogens is 1. The summed E-state index contributed by atoms with van der Waals surface area (Å²) in [5.41, 5.74) is 1.77. The first-order valence-corrected chi connectivity index (χ1v) is 10.1. The molecule has 0 saturated heterocycles. The smallest absolute Gasteiger partial charge is 0.253 e. The third-order valence-corrected chi connectivity index (χ3v) is 6.49. The molecule has 0 spiro atoms. The predicted molar refractivity (Wildman–Crippen MR) is 104 cm³/mol. The number of amides is 1. The molecule has 1 amide bonds. The van der Waals surface area contributed by atoms with Gasteiger partial charge in [-0.3, -0.25) is 4.79 Å². The molecule has 0 aliphatic heterocycles. The molecule has 2 aromatic rings. The van der Waals surface area contributed by atoms with E-state index in [0.29, 0.717) is 29.0 Å². The Bertz CT molecular complexity index is 827. The summed E-state index contributed by atoms with van der Waals surface area (Å²) in [7, 11) is 0. The SMILES string of the molecule is C[C@@H]1CCC[C@@](O)(CNC(=O)c2cc(C3CCC3)n3cccc(Cl)c23)C1. The first kappa shape index (κ1) is 17.9. The number of nitrogens with zero attached hydrogens (tertiary/aromatic N) is 1. The van der Waals surface area contributed by atoms with E-state index in [-0.39, 0.29) is 5.91 Å². The van der Waals surface area contributed by atoms with Crippen LogP contribution in [0.1, 0.15) is 73.8 Å². The maximum absolute atomic E-state index is 12.9. The van der Waals surface area contributed by atoms with Gasteiger partial charge < -0.3 is 14.8 Å². The van der Waals surface area contributed by atoms with Gasteiger partial charge in [0.25, 0.3) is 5.91 Å². The number of halogens is 1. The van der Waals surface area contributed by atoms with Crippen molar-refractivity contribution in [1.82, 2.24) is 9.72 Å². The number of nitrogens with one attached hydrogen (secondary N) is 1. The van der Waals surface area contributed by atoms with Gasteiger partial charge in [0.05, 0.1) is 21.7 Å². The van der Waals surface area contributed by atoms with Gasteiger partial charge in [-0.05, 0) is 55.7 Å². The Morgan fingerprint density at radius 2 is 2.19 bits per heavy atom. The fourth-order valence-corrected chi connectivity index (χ4v) is 4.83. The van der Waals surface area contributed by atoms with Gasteiger partial charge in [-0.2, -0.15) is 0 Å². The topological polar surface area (TPSA) is 53.7 Å². The zero-order chi connectivity index (χ0) is 18.3. The minimum absolute atomic E-state index is 0.146. The molecule has 2 atom stereocenters. The lowest BCUT2D eigenvalue weighted by molar-refractivity contribution is -0.0109. The van der Waals surface area contributed by atoms with Crippen molar-refractivity contribution in [3.63, 3.8) is 0 Å². The Balaban J connectivity index is 1.58. The van der Waals surface area contributed by atoms with E-state index in [1.807, 2.05) is 24.4 Å². The van der Waals surface area contributed by atoms with Crippen molar-refractivity contribution in [2.75, 3.05) is 6.54 Å². The third kappa shape index (κ3) is 3.25. The van der Waals surface area contributed by atoms with Crippen molar-refractivity contribution in [1.29, 1.82) is 0 Å². The van der Waals surface area contributed by atoms with E-state index in [1.165, 1.54) is 12.1 Å². The molecule has 2 aliphatic rings. The van der Waals surface area contributed by atoms with Crippen LogP contribution in [0.25, 0.3) is 5.52 Å². The Morgan fingerprint density at radius 3 is 2.88 bits per heavy atom. The first-order chi connectivity index (χ1) is 12.5. The van der Waals surface area contributed by atoms with Crippen molar-refractivity contribution < 1.29 is 9.90 Å². The van der Waals surface area contributed by atoms with Crippen LogP contribution in [0.4, 0.5) is 0 Å². The summed E-state index contributed by atoms with van der Waals surface area (Å²) >= 11 is 6.43. The summed E-state index contributed by atoms with van der Waals surface area (Å²) in [5, 5.41) is 14.4. The standard InChI is InChI=1S/C21H27ClN2O2/c1-14-5-3-9-21(26,12-14)13-23-20(25)16-11-18(15-6-2-7-15)24-10-4-8-17(22)19(16)24/h4,8,10-11,14-15,26H,2-3,5-7,9,12-13H2,1H3,(H,23,25)/t14-,21+/m1/s1. The molecule has 2 heterocycles. The third-order valence-electron chi connectivity index (χ3n) is 6.18. The number of hydrogen-bond donors (Lipinski definition) is 2. The number of pyridine rings is 1. The highest BCUT2D eigenvalue weighted by Crippen LogP contribution is 2.39. The summed E-state index contributed by atoms with van der Waals surface area (Å²) < 4.78 is 2.07.